The zero-order valence-corrected chi connectivity index (χ0v) is 30.6. The molecule has 0 aliphatic rings. The van der Waals surface area contributed by atoms with Crippen LogP contribution in [-0.4, -0.2) is 41.0 Å². The SMILES string of the molecule is CCCCCCCCC/C=C\CCCCCCCC(=O)OC(COC(=O)CCCCCCCCCCCCCC)COP(=O)(O)O. The van der Waals surface area contributed by atoms with E-state index in [1.165, 1.54) is 109 Å². The maximum absolute atomic E-state index is 12.3. The Morgan fingerprint density at radius 3 is 1.33 bits per heavy atom. The molecule has 272 valence electrons. The number of rotatable bonds is 35. The fourth-order valence-electron chi connectivity index (χ4n) is 5.43. The Balaban J connectivity index is 3.95. The third-order valence-corrected chi connectivity index (χ3v) is 8.77. The Kier molecular flexibility index (Phi) is 32.8. The molecule has 0 spiro atoms. The second-order valence-corrected chi connectivity index (χ2v) is 14.1. The van der Waals surface area contributed by atoms with Crippen molar-refractivity contribution in [2.24, 2.45) is 0 Å². The minimum Gasteiger partial charge on any atom is -0.462 e. The summed E-state index contributed by atoms with van der Waals surface area (Å²) in [7, 11) is -4.74. The number of carbonyl (C=O) groups is 2. The number of phosphoric ester groups is 1. The molecule has 0 radical (unpaired) electrons. The van der Waals surface area contributed by atoms with Crippen LogP contribution in [0.3, 0.4) is 0 Å². The van der Waals surface area contributed by atoms with Crippen molar-refractivity contribution in [3.63, 3.8) is 0 Å². The van der Waals surface area contributed by atoms with Gasteiger partial charge in [-0.2, -0.15) is 0 Å². The van der Waals surface area contributed by atoms with Gasteiger partial charge >= 0.3 is 19.8 Å². The van der Waals surface area contributed by atoms with Crippen LogP contribution in [0.4, 0.5) is 0 Å². The molecular weight excluding hydrogens is 603 g/mol. The predicted molar refractivity (Wildman–Crippen MR) is 189 cm³/mol. The van der Waals surface area contributed by atoms with E-state index < -0.39 is 32.5 Å². The van der Waals surface area contributed by atoms with Gasteiger partial charge in [-0.1, -0.05) is 154 Å². The monoisotopic (exact) mass is 674 g/mol. The first-order valence-electron chi connectivity index (χ1n) is 19.0. The normalized spacial score (nSPS) is 12.5. The lowest BCUT2D eigenvalue weighted by Gasteiger charge is -2.18. The molecule has 0 heterocycles. The molecule has 46 heavy (non-hydrogen) atoms. The number of allylic oxidation sites excluding steroid dienone is 2. The average Bonchev–Trinajstić information content (AvgIpc) is 3.02. The second kappa shape index (κ2) is 33.7. The zero-order valence-electron chi connectivity index (χ0n) is 29.7. The molecule has 1 unspecified atom stereocenters. The van der Waals surface area contributed by atoms with Crippen molar-refractivity contribution in [3.8, 4) is 0 Å². The van der Waals surface area contributed by atoms with Crippen LogP contribution in [0.5, 0.6) is 0 Å². The van der Waals surface area contributed by atoms with E-state index in [0.717, 1.165) is 51.4 Å². The lowest BCUT2D eigenvalue weighted by atomic mass is 10.0. The highest BCUT2D eigenvalue weighted by Crippen LogP contribution is 2.36. The third-order valence-electron chi connectivity index (χ3n) is 8.28. The van der Waals surface area contributed by atoms with Gasteiger partial charge in [0, 0.05) is 12.8 Å². The van der Waals surface area contributed by atoms with Crippen molar-refractivity contribution in [2.45, 2.75) is 200 Å². The number of hydrogen-bond donors (Lipinski definition) is 2. The quantitative estimate of drug-likeness (QED) is 0.0295. The number of unbranched alkanes of at least 4 members (excludes halogenated alkanes) is 23. The van der Waals surface area contributed by atoms with E-state index in [0.29, 0.717) is 6.42 Å². The molecule has 9 heteroatoms. The average molecular weight is 675 g/mol. The van der Waals surface area contributed by atoms with Crippen LogP contribution in [0.25, 0.3) is 0 Å². The summed E-state index contributed by atoms with van der Waals surface area (Å²) in [6.07, 6.45) is 35.0. The minimum absolute atomic E-state index is 0.206. The highest BCUT2D eigenvalue weighted by molar-refractivity contribution is 7.46. The number of esters is 2. The molecule has 0 bridgehead atoms. The van der Waals surface area contributed by atoms with Crippen LogP contribution in [0.1, 0.15) is 194 Å². The lowest BCUT2D eigenvalue weighted by molar-refractivity contribution is -0.161. The number of carbonyl (C=O) groups excluding carboxylic acids is 2. The van der Waals surface area contributed by atoms with E-state index in [-0.39, 0.29) is 19.4 Å². The predicted octanol–water partition coefficient (Wildman–Crippen LogP) is 11.1. The van der Waals surface area contributed by atoms with E-state index in [4.69, 9.17) is 19.3 Å². The standard InChI is InChI=1S/C37H71O8P/c1-3-5-7-9-11-13-15-17-18-19-20-22-24-26-28-30-32-37(39)45-35(34-44-46(40,41)42)33-43-36(38)31-29-27-25-23-21-16-14-12-10-8-6-4-2/h18-19,35H,3-17,20-34H2,1-2H3,(H2,40,41,42)/b19-18-. The molecule has 0 aliphatic heterocycles. The first kappa shape index (κ1) is 44.8. The van der Waals surface area contributed by atoms with Crippen molar-refractivity contribution in [2.75, 3.05) is 13.2 Å². The highest BCUT2D eigenvalue weighted by Gasteiger charge is 2.22. The summed E-state index contributed by atoms with van der Waals surface area (Å²) in [5.74, 6) is -0.887. The molecule has 0 aromatic rings. The van der Waals surface area contributed by atoms with Gasteiger partial charge in [-0.15, -0.1) is 0 Å². The molecule has 0 aromatic heterocycles. The van der Waals surface area contributed by atoms with Gasteiger partial charge in [0.1, 0.15) is 6.61 Å². The van der Waals surface area contributed by atoms with E-state index in [1.807, 2.05) is 0 Å². The third kappa shape index (κ3) is 35.6. The maximum Gasteiger partial charge on any atom is 0.469 e. The molecular formula is C37H71O8P. The Hall–Kier alpha value is -1.21. The fraction of sp³-hybridized carbons (Fsp3) is 0.892. The summed E-state index contributed by atoms with van der Waals surface area (Å²) in [6, 6.07) is 0. The van der Waals surface area contributed by atoms with Crippen molar-refractivity contribution < 1.29 is 37.9 Å². The molecule has 0 fully saturated rings. The van der Waals surface area contributed by atoms with Gasteiger partial charge in [-0.05, 0) is 38.5 Å². The topological polar surface area (TPSA) is 119 Å². The van der Waals surface area contributed by atoms with Crippen LogP contribution < -0.4 is 0 Å². The summed E-state index contributed by atoms with van der Waals surface area (Å²) >= 11 is 0. The molecule has 0 aliphatic carbocycles. The lowest BCUT2D eigenvalue weighted by Crippen LogP contribution is -2.29. The van der Waals surface area contributed by atoms with Crippen LogP contribution in [0.2, 0.25) is 0 Å². The van der Waals surface area contributed by atoms with Gasteiger partial charge in [0.15, 0.2) is 6.10 Å². The van der Waals surface area contributed by atoms with Gasteiger partial charge in [0.05, 0.1) is 6.61 Å². The van der Waals surface area contributed by atoms with Crippen LogP contribution >= 0.6 is 7.82 Å². The summed E-state index contributed by atoms with van der Waals surface area (Å²) < 4.78 is 26.3. The maximum atomic E-state index is 12.3. The number of hydrogen-bond acceptors (Lipinski definition) is 6. The Morgan fingerprint density at radius 2 is 0.913 bits per heavy atom. The fourth-order valence-corrected chi connectivity index (χ4v) is 5.79. The van der Waals surface area contributed by atoms with Crippen molar-refractivity contribution in [1.82, 2.24) is 0 Å². The van der Waals surface area contributed by atoms with Gasteiger partial charge in [-0.3, -0.25) is 14.1 Å². The summed E-state index contributed by atoms with van der Waals surface area (Å²) in [5, 5.41) is 0. The first-order chi connectivity index (χ1) is 22.3. The Labute approximate surface area is 282 Å². The molecule has 0 saturated carbocycles. The first-order valence-corrected chi connectivity index (χ1v) is 20.5. The van der Waals surface area contributed by atoms with Gasteiger partial charge < -0.3 is 19.3 Å². The molecule has 0 saturated heterocycles. The summed E-state index contributed by atoms with van der Waals surface area (Å²) in [5.41, 5.74) is 0. The van der Waals surface area contributed by atoms with Crippen molar-refractivity contribution in [1.29, 1.82) is 0 Å². The van der Waals surface area contributed by atoms with E-state index in [1.54, 1.807) is 0 Å². The second-order valence-electron chi connectivity index (χ2n) is 12.9. The van der Waals surface area contributed by atoms with E-state index in [9.17, 15) is 14.2 Å². The highest BCUT2D eigenvalue weighted by atomic mass is 31.2. The minimum atomic E-state index is -4.74. The van der Waals surface area contributed by atoms with E-state index in [2.05, 4.69) is 30.5 Å². The molecule has 8 nitrogen and oxygen atoms in total. The van der Waals surface area contributed by atoms with Gasteiger partial charge in [-0.25, -0.2) is 4.57 Å². The molecule has 0 rings (SSSR count). The molecule has 2 N–H and O–H groups in total. The van der Waals surface area contributed by atoms with Crippen LogP contribution in [-0.2, 0) is 28.2 Å². The largest absolute Gasteiger partial charge is 0.469 e. The van der Waals surface area contributed by atoms with Crippen molar-refractivity contribution >= 4 is 19.8 Å². The Bertz CT molecular complexity index is 766. The Morgan fingerprint density at radius 1 is 0.543 bits per heavy atom. The number of ether oxygens (including phenoxy) is 2. The molecule has 1 atom stereocenters. The molecule has 0 aromatic carbocycles. The van der Waals surface area contributed by atoms with Gasteiger partial charge in [0.25, 0.3) is 0 Å². The number of phosphoric acid groups is 1. The summed E-state index contributed by atoms with van der Waals surface area (Å²) in [6.45, 7) is 3.67. The zero-order chi connectivity index (χ0) is 34.0. The summed E-state index contributed by atoms with van der Waals surface area (Å²) in [4.78, 5) is 42.6. The van der Waals surface area contributed by atoms with Gasteiger partial charge in [0.2, 0.25) is 0 Å². The van der Waals surface area contributed by atoms with Crippen molar-refractivity contribution in [3.05, 3.63) is 12.2 Å². The molecule has 0 amide bonds. The smallest absolute Gasteiger partial charge is 0.462 e. The van der Waals surface area contributed by atoms with E-state index >= 15 is 0 Å². The van der Waals surface area contributed by atoms with Crippen LogP contribution in [0.15, 0.2) is 12.2 Å². The van der Waals surface area contributed by atoms with Crippen LogP contribution in [0, 0.1) is 0 Å².